The molecule has 0 radical (unpaired) electrons. The van der Waals surface area contributed by atoms with Gasteiger partial charge in [-0.1, -0.05) is 55.1 Å². The summed E-state index contributed by atoms with van der Waals surface area (Å²) >= 11 is 2.62. The van der Waals surface area contributed by atoms with Crippen LogP contribution >= 0.6 is 23.5 Å². The van der Waals surface area contributed by atoms with E-state index in [1.807, 2.05) is 37.3 Å². The van der Waals surface area contributed by atoms with Crippen LogP contribution in [0.1, 0.15) is 23.7 Å². The fourth-order valence-corrected chi connectivity index (χ4v) is 5.58. The van der Waals surface area contributed by atoms with Gasteiger partial charge in [0.05, 0.1) is 21.9 Å². The summed E-state index contributed by atoms with van der Waals surface area (Å²) in [4.78, 5) is 31.0. The van der Waals surface area contributed by atoms with Crippen molar-refractivity contribution in [3.05, 3.63) is 81.8 Å². The molecule has 1 aliphatic heterocycles. The maximum atomic E-state index is 13.2. The van der Waals surface area contributed by atoms with Crippen LogP contribution in [0.3, 0.4) is 0 Å². The van der Waals surface area contributed by atoms with Gasteiger partial charge < -0.3 is 5.32 Å². The van der Waals surface area contributed by atoms with Crippen molar-refractivity contribution in [2.75, 3.05) is 11.1 Å². The predicted molar refractivity (Wildman–Crippen MR) is 128 cm³/mol. The van der Waals surface area contributed by atoms with Crippen molar-refractivity contribution >= 4 is 35.1 Å². The average Bonchev–Trinajstić information content (AvgIpc) is 3.18. The molecule has 5 nitrogen and oxygen atoms in total. The van der Waals surface area contributed by atoms with Crippen molar-refractivity contribution in [2.24, 2.45) is 0 Å². The Hall–Kier alpha value is -2.72. The molecule has 0 aliphatic carbocycles. The molecule has 1 aliphatic rings. The molecule has 0 spiro atoms. The Morgan fingerprint density at radius 3 is 2.71 bits per heavy atom. The van der Waals surface area contributed by atoms with Gasteiger partial charge in [-0.3, -0.25) is 14.2 Å². The SMILES string of the molecule is CC1Cc2nc(SCC(=O)Nc3cccc(C(F)(F)F)c3)n(CCc3ccccc3)c(=O)c2S1. The zero-order chi connectivity index (χ0) is 24.3. The number of thioether (sulfide) groups is 2. The van der Waals surface area contributed by atoms with Gasteiger partial charge in [0.1, 0.15) is 0 Å². The van der Waals surface area contributed by atoms with Crippen molar-refractivity contribution in [3.63, 3.8) is 0 Å². The highest BCUT2D eigenvalue weighted by Crippen LogP contribution is 2.34. The van der Waals surface area contributed by atoms with Gasteiger partial charge in [0.2, 0.25) is 5.91 Å². The number of anilines is 1. The molecule has 2 aromatic carbocycles. The summed E-state index contributed by atoms with van der Waals surface area (Å²) in [6.07, 6.45) is -3.18. The molecule has 0 fully saturated rings. The van der Waals surface area contributed by atoms with E-state index in [0.29, 0.717) is 29.4 Å². The van der Waals surface area contributed by atoms with E-state index in [-0.39, 0.29) is 22.2 Å². The highest BCUT2D eigenvalue weighted by molar-refractivity contribution is 8.00. The van der Waals surface area contributed by atoms with Gasteiger partial charge >= 0.3 is 6.18 Å². The van der Waals surface area contributed by atoms with E-state index in [1.54, 1.807) is 4.57 Å². The third kappa shape index (κ3) is 5.85. The number of hydrogen-bond acceptors (Lipinski definition) is 5. The number of alkyl halides is 3. The minimum Gasteiger partial charge on any atom is -0.325 e. The van der Waals surface area contributed by atoms with Gasteiger partial charge in [-0.25, -0.2) is 4.98 Å². The summed E-state index contributed by atoms with van der Waals surface area (Å²) in [5.41, 5.74) is 0.929. The first kappa shape index (κ1) is 24.4. The summed E-state index contributed by atoms with van der Waals surface area (Å²) in [6.45, 7) is 2.45. The molecule has 2 heterocycles. The van der Waals surface area contributed by atoms with Crippen LogP contribution in [0.5, 0.6) is 0 Å². The normalized spacial score (nSPS) is 15.2. The molecule has 0 saturated carbocycles. The van der Waals surface area contributed by atoms with Crippen LogP contribution in [-0.2, 0) is 30.4 Å². The summed E-state index contributed by atoms with van der Waals surface area (Å²) in [5.74, 6) is -0.563. The van der Waals surface area contributed by atoms with Gasteiger partial charge in [-0.15, -0.1) is 11.8 Å². The Labute approximate surface area is 203 Å². The van der Waals surface area contributed by atoms with Crippen molar-refractivity contribution in [1.82, 2.24) is 9.55 Å². The zero-order valence-electron chi connectivity index (χ0n) is 18.3. The molecular weight excluding hydrogens is 483 g/mol. The predicted octanol–water partition coefficient (Wildman–Crippen LogP) is 5.27. The lowest BCUT2D eigenvalue weighted by Gasteiger charge is -2.14. The number of amides is 1. The molecule has 178 valence electrons. The lowest BCUT2D eigenvalue weighted by molar-refractivity contribution is -0.137. The lowest BCUT2D eigenvalue weighted by Crippen LogP contribution is -2.27. The van der Waals surface area contributed by atoms with Gasteiger partial charge in [0, 0.05) is 23.9 Å². The first-order valence-corrected chi connectivity index (χ1v) is 12.5. The standard InChI is InChI=1S/C24H22F3N3O2S2/c1-15-12-19-21(34-15)22(32)30(11-10-16-6-3-2-4-7-16)23(29-19)33-14-20(31)28-18-9-5-8-17(13-18)24(25,26)27/h2-9,13,15H,10-12,14H2,1H3,(H,28,31). The topological polar surface area (TPSA) is 64.0 Å². The lowest BCUT2D eigenvalue weighted by atomic mass is 10.1. The van der Waals surface area contributed by atoms with Gasteiger partial charge in [-0.2, -0.15) is 13.2 Å². The van der Waals surface area contributed by atoms with E-state index in [4.69, 9.17) is 0 Å². The third-order valence-electron chi connectivity index (χ3n) is 5.24. The summed E-state index contributed by atoms with van der Waals surface area (Å²) in [5, 5.41) is 3.19. The Balaban J connectivity index is 1.50. The summed E-state index contributed by atoms with van der Waals surface area (Å²) in [6, 6.07) is 14.3. The van der Waals surface area contributed by atoms with Gasteiger partial charge in [0.25, 0.3) is 5.56 Å². The monoisotopic (exact) mass is 505 g/mol. The molecule has 0 bridgehead atoms. The molecule has 1 N–H and O–H groups in total. The Morgan fingerprint density at radius 2 is 1.97 bits per heavy atom. The minimum atomic E-state index is -4.49. The smallest absolute Gasteiger partial charge is 0.325 e. The first-order valence-electron chi connectivity index (χ1n) is 10.6. The fraction of sp³-hybridized carbons (Fsp3) is 0.292. The molecule has 1 aromatic heterocycles. The summed E-state index contributed by atoms with van der Waals surface area (Å²) < 4.78 is 40.4. The van der Waals surface area contributed by atoms with Crippen LogP contribution in [-0.4, -0.2) is 26.5 Å². The van der Waals surface area contributed by atoms with Crippen LogP contribution < -0.4 is 10.9 Å². The Bertz CT molecular complexity index is 1250. The molecular formula is C24H22F3N3O2S2. The number of benzene rings is 2. The van der Waals surface area contributed by atoms with Crippen molar-refractivity contribution in [2.45, 2.75) is 47.8 Å². The largest absolute Gasteiger partial charge is 0.416 e. The second kappa shape index (κ2) is 10.3. The van der Waals surface area contributed by atoms with Gasteiger partial charge in [0.15, 0.2) is 5.16 Å². The van der Waals surface area contributed by atoms with Crippen LogP contribution in [0.25, 0.3) is 0 Å². The maximum absolute atomic E-state index is 13.2. The fourth-order valence-electron chi connectivity index (χ4n) is 3.62. The highest BCUT2D eigenvalue weighted by Gasteiger charge is 2.30. The number of rotatable bonds is 7. The molecule has 3 aromatic rings. The van der Waals surface area contributed by atoms with Gasteiger partial charge in [-0.05, 0) is 30.2 Å². The van der Waals surface area contributed by atoms with Crippen molar-refractivity contribution in [3.8, 4) is 0 Å². The number of carbonyl (C=O) groups is 1. The number of aromatic nitrogens is 2. The van der Waals surface area contributed by atoms with E-state index in [9.17, 15) is 22.8 Å². The zero-order valence-corrected chi connectivity index (χ0v) is 19.9. The van der Waals surface area contributed by atoms with Crippen molar-refractivity contribution < 1.29 is 18.0 Å². The van der Waals surface area contributed by atoms with E-state index < -0.39 is 17.6 Å². The third-order valence-corrected chi connectivity index (χ3v) is 7.43. The van der Waals surface area contributed by atoms with E-state index in [0.717, 1.165) is 35.2 Å². The first-order chi connectivity index (χ1) is 16.2. The van der Waals surface area contributed by atoms with E-state index in [1.165, 1.54) is 23.9 Å². The van der Waals surface area contributed by atoms with E-state index >= 15 is 0 Å². The second-order valence-corrected chi connectivity index (χ2v) is 10.3. The Morgan fingerprint density at radius 1 is 1.21 bits per heavy atom. The van der Waals surface area contributed by atoms with Crippen molar-refractivity contribution in [1.29, 1.82) is 0 Å². The number of fused-ring (bicyclic) bond motifs is 1. The molecule has 1 atom stereocenters. The van der Waals surface area contributed by atoms with Crippen LogP contribution in [0.15, 0.2) is 69.4 Å². The molecule has 1 unspecified atom stereocenters. The van der Waals surface area contributed by atoms with Crippen LogP contribution in [0.4, 0.5) is 18.9 Å². The molecule has 0 saturated heterocycles. The summed E-state index contributed by atoms with van der Waals surface area (Å²) in [7, 11) is 0. The Kier molecular flexibility index (Phi) is 7.37. The minimum absolute atomic E-state index is 0.0639. The average molecular weight is 506 g/mol. The van der Waals surface area contributed by atoms with Crippen LogP contribution in [0, 0.1) is 0 Å². The number of hydrogen-bond donors (Lipinski definition) is 1. The molecule has 34 heavy (non-hydrogen) atoms. The molecule has 1 amide bonds. The number of nitrogens with zero attached hydrogens (tertiary/aromatic N) is 2. The van der Waals surface area contributed by atoms with E-state index in [2.05, 4.69) is 10.3 Å². The quantitative estimate of drug-likeness (QED) is 0.350. The highest BCUT2D eigenvalue weighted by atomic mass is 32.2. The second-order valence-electron chi connectivity index (χ2n) is 7.91. The number of carbonyl (C=O) groups excluding carboxylic acids is 1. The maximum Gasteiger partial charge on any atom is 0.416 e. The van der Waals surface area contributed by atoms with Crippen LogP contribution in [0.2, 0.25) is 0 Å². The molecule has 4 rings (SSSR count). The number of nitrogens with one attached hydrogen (secondary N) is 1. The molecule has 10 heteroatoms. The number of aryl methyl sites for hydroxylation is 1. The number of halogens is 3.